The lowest BCUT2D eigenvalue weighted by Gasteiger charge is -2.12. The molecule has 1 aromatic heterocycles. The first-order valence-corrected chi connectivity index (χ1v) is 8.20. The van der Waals surface area contributed by atoms with E-state index in [1.807, 2.05) is 6.92 Å². The van der Waals surface area contributed by atoms with Gasteiger partial charge in [-0.15, -0.1) is 5.10 Å². The number of carbonyl (C=O) groups excluding carboxylic acids is 1. The molecule has 7 heteroatoms. The van der Waals surface area contributed by atoms with Gasteiger partial charge in [0.25, 0.3) is 5.91 Å². The van der Waals surface area contributed by atoms with E-state index in [4.69, 9.17) is 14.2 Å². The Kier molecular flexibility index (Phi) is 5.51. The molecule has 1 heterocycles. The highest BCUT2D eigenvalue weighted by molar-refractivity contribution is 6.05. The average molecular weight is 365 g/mol. The molecule has 0 aliphatic rings. The Balaban J connectivity index is 1.76. The van der Waals surface area contributed by atoms with E-state index in [-0.39, 0.29) is 5.91 Å². The van der Waals surface area contributed by atoms with Gasteiger partial charge in [-0.3, -0.25) is 4.79 Å². The van der Waals surface area contributed by atoms with Crippen molar-refractivity contribution in [2.45, 2.75) is 6.92 Å². The number of hydrogen-bond donors (Lipinski definition) is 1. The zero-order chi connectivity index (χ0) is 19.2. The van der Waals surface area contributed by atoms with Crippen molar-refractivity contribution in [3.63, 3.8) is 0 Å². The SMILES string of the molecule is COc1ccc(NC(=O)c2cccc(Oc3ccc(C)nn3)c2)c(OC)c1. The minimum atomic E-state index is -0.293. The minimum Gasteiger partial charge on any atom is -0.497 e. The number of aromatic nitrogens is 2. The molecule has 1 amide bonds. The molecule has 0 aliphatic carbocycles. The van der Waals surface area contributed by atoms with Crippen LogP contribution < -0.4 is 19.5 Å². The molecule has 1 N–H and O–H groups in total. The summed E-state index contributed by atoms with van der Waals surface area (Å²) in [7, 11) is 3.10. The van der Waals surface area contributed by atoms with Crippen molar-refractivity contribution in [1.82, 2.24) is 10.2 Å². The molecule has 0 radical (unpaired) electrons. The number of nitrogens with zero attached hydrogens (tertiary/aromatic N) is 2. The van der Waals surface area contributed by atoms with Crippen LogP contribution in [0.15, 0.2) is 54.6 Å². The van der Waals surface area contributed by atoms with Crippen molar-refractivity contribution >= 4 is 11.6 Å². The van der Waals surface area contributed by atoms with Crippen molar-refractivity contribution < 1.29 is 19.0 Å². The van der Waals surface area contributed by atoms with E-state index in [0.29, 0.717) is 34.4 Å². The summed E-state index contributed by atoms with van der Waals surface area (Å²) >= 11 is 0. The quantitative estimate of drug-likeness (QED) is 0.714. The molecule has 3 aromatic rings. The van der Waals surface area contributed by atoms with E-state index < -0.39 is 0 Å². The monoisotopic (exact) mass is 365 g/mol. The van der Waals surface area contributed by atoms with Crippen molar-refractivity contribution in [3.8, 4) is 23.1 Å². The predicted octanol–water partition coefficient (Wildman–Crippen LogP) is 3.85. The smallest absolute Gasteiger partial charge is 0.255 e. The van der Waals surface area contributed by atoms with Crippen LogP contribution >= 0.6 is 0 Å². The molecular formula is C20H19N3O4. The first-order valence-electron chi connectivity index (χ1n) is 8.20. The number of amides is 1. The summed E-state index contributed by atoms with van der Waals surface area (Å²) in [6, 6.07) is 15.5. The highest BCUT2D eigenvalue weighted by atomic mass is 16.5. The third-order valence-electron chi connectivity index (χ3n) is 3.75. The number of ether oxygens (including phenoxy) is 3. The molecule has 27 heavy (non-hydrogen) atoms. The molecule has 138 valence electrons. The second-order valence-electron chi connectivity index (χ2n) is 5.66. The maximum atomic E-state index is 12.6. The molecule has 0 aliphatic heterocycles. The molecular weight excluding hydrogens is 346 g/mol. The summed E-state index contributed by atoms with van der Waals surface area (Å²) in [5.41, 5.74) is 1.77. The lowest BCUT2D eigenvalue weighted by atomic mass is 10.2. The number of methoxy groups -OCH3 is 2. The first kappa shape index (κ1) is 18.2. The van der Waals surface area contributed by atoms with Crippen LogP contribution in [0.4, 0.5) is 5.69 Å². The number of rotatable bonds is 6. The summed E-state index contributed by atoms with van der Waals surface area (Å²) in [5, 5.41) is 10.7. The molecule has 0 unspecified atom stereocenters. The predicted molar refractivity (Wildman–Crippen MR) is 101 cm³/mol. The summed E-state index contributed by atoms with van der Waals surface area (Å²) in [6.07, 6.45) is 0. The number of carbonyl (C=O) groups is 1. The number of aryl methyl sites for hydroxylation is 1. The van der Waals surface area contributed by atoms with Crippen LogP contribution in [0.1, 0.15) is 16.1 Å². The van der Waals surface area contributed by atoms with Crippen LogP contribution in [0, 0.1) is 6.92 Å². The van der Waals surface area contributed by atoms with Crippen LogP contribution in [0.2, 0.25) is 0 Å². The second-order valence-corrected chi connectivity index (χ2v) is 5.66. The lowest BCUT2D eigenvalue weighted by Crippen LogP contribution is -2.12. The third-order valence-corrected chi connectivity index (χ3v) is 3.75. The number of nitrogens with one attached hydrogen (secondary N) is 1. The van der Waals surface area contributed by atoms with Gasteiger partial charge in [-0.1, -0.05) is 6.07 Å². The topological polar surface area (TPSA) is 82.6 Å². The summed E-state index contributed by atoms with van der Waals surface area (Å²) in [5.74, 6) is 1.70. The number of anilines is 1. The Labute approximate surface area is 156 Å². The van der Waals surface area contributed by atoms with Gasteiger partial charge in [0, 0.05) is 17.7 Å². The summed E-state index contributed by atoms with van der Waals surface area (Å²) in [4.78, 5) is 12.6. The van der Waals surface area contributed by atoms with Gasteiger partial charge in [-0.05, 0) is 43.3 Å². The fourth-order valence-corrected chi connectivity index (χ4v) is 2.36. The normalized spacial score (nSPS) is 10.2. The molecule has 0 spiro atoms. The van der Waals surface area contributed by atoms with Gasteiger partial charge in [0.2, 0.25) is 5.88 Å². The maximum Gasteiger partial charge on any atom is 0.255 e. The van der Waals surface area contributed by atoms with Gasteiger partial charge in [-0.2, -0.15) is 5.10 Å². The maximum absolute atomic E-state index is 12.6. The van der Waals surface area contributed by atoms with Crippen molar-refractivity contribution in [2.24, 2.45) is 0 Å². The van der Waals surface area contributed by atoms with E-state index in [9.17, 15) is 4.79 Å². The Morgan fingerprint density at radius 1 is 0.926 bits per heavy atom. The molecule has 2 aromatic carbocycles. The second kappa shape index (κ2) is 8.18. The van der Waals surface area contributed by atoms with E-state index in [0.717, 1.165) is 5.69 Å². The largest absolute Gasteiger partial charge is 0.497 e. The fraction of sp³-hybridized carbons (Fsp3) is 0.150. The molecule has 0 bridgehead atoms. The first-order chi connectivity index (χ1) is 13.1. The zero-order valence-electron chi connectivity index (χ0n) is 15.2. The van der Waals surface area contributed by atoms with Crippen LogP contribution in [0.3, 0.4) is 0 Å². The van der Waals surface area contributed by atoms with Crippen LogP contribution in [-0.4, -0.2) is 30.3 Å². The van der Waals surface area contributed by atoms with Gasteiger partial charge < -0.3 is 19.5 Å². The summed E-state index contributed by atoms with van der Waals surface area (Å²) in [6.45, 7) is 1.84. The van der Waals surface area contributed by atoms with Crippen molar-refractivity contribution in [1.29, 1.82) is 0 Å². The van der Waals surface area contributed by atoms with Crippen LogP contribution in [-0.2, 0) is 0 Å². The van der Waals surface area contributed by atoms with Gasteiger partial charge in [0.05, 0.1) is 25.6 Å². The molecule has 7 nitrogen and oxygen atoms in total. The van der Waals surface area contributed by atoms with Gasteiger partial charge >= 0.3 is 0 Å². The molecule has 0 saturated carbocycles. The summed E-state index contributed by atoms with van der Waals surface area (Å²) < 4.78 is 16.1. The molecule has 0 fully saturated rings. The van der Waals surface area contributed by atoms with Crippen LogP contribution in [0.5, 0.6) is 23.1 Å². The van der Waals surface area contributed by atoms with Gasteiger partial charge in [0.15, 0.2) is 0 Å². The van der Waals surface area contributed by atoms with E-state index in [2.05, 4.69) is 15.5 Å². The number of benzene rings is 2. The van der Waals surface area contributed by atoms with E-state index in [1.54, 1.807) is 61.7 Å². The Bertz CT molecular complexity index is 942. The highest BCUT2D eigenvalue weighted by Gasteiger charge is 2.12. The van der Waals surface area contributed by atoms with Crippen molar-refractivity contribution in [3.05, 3.63) is 65.9 Å². The Morgan fingerprint density at radius 3 is 2.48 bits per heavy atom. The molecule has 0 atom stereocenters. The van der Waals surface area contributed by atoms with E-state index >= 15 is 0 Å². The number of hydrogen-bond acceptors (Lipinski definition) is 6. The van der Waals surface area contributed by atoms with Gasteiger partial charge in [-0.25, -0.2) is 0 Å². The highest BCUT2D eigenvalue weighted by Crippen LogP contribution is 2.29. The van der Waals surface area contributed by atoms with Crippen molar-refractivity contribution in [2.75, 3.05) is 19.5 Å². The fourth-order valence-electron chi connectivity index (χ4n) is 2.36. The molecule has 0 saturated heterocycles. The Morgan fingerprint density at radius 2 is 1.78 bits per heavy atom. The lowest BCUT2D eigenvalue weighted by molar-refractivity contribution is 0.102. The van der Waals surface area contributed by atoms with Crippen LogP contribution in [0.25, 0.3) is 0 Å². The van der Waals surface area contributed by atoms with Gasteiger partial charge in [0.1, 0.15) is 17.2 Å². The standard InChI is InChI=1S/C20H19N3O4/c1-13-7-10-19(23-22-13)27-16-6-4-5-14(11-16)20(24)21-17-9-8-15(25-2)12-18(17)26-3/h4-12H,1-3H3,(H,21,24). The third kappa shape index (κ3) is 4.52. The average Bonchev–Trinajstić information content (AvgIpc) is 2.70. The van der Waals surface area contributed by atoms with E-state index in [1.165, 1.54) is 7.11 Å². The minimum absolute atomic E-state index is 0.293. The zero-order valence-corrected chi connectivity index (χ0v) is 15.2. The Hall–Kier alpha value is -3.61. The molecule has 3 rings (SSSR count).